The maximum absolute atomic E-state index is 12.2. The van der Waals surface area contributed by atoms with Crippen LogP contribution in [0.5, 0.6) is 11.5 Å². The van der Waals surface area contributed by atoms with Crippen molar-refractivity contribution in [1.29, 1.82) is 0 Å². The maximum Gasteiger partial charge on any atom is 0.339 e. The zero-order chi connectivity index (χ0) is 17.7. The summed E-state index contributed by atoms with van der Waals surface area (Å²) in [6.07, 6.45) is 0. The Morgan fingerprint density at radius 2 is 1.79 bits per heavy atom. The van der Waals surface area contributed by atoms with Gasteiger partial charge in [0.2, 0.25) is 0 Å². The summed E-state index contributed by atoms with van der Waals surface area (Å²) in [7, 11) is 0. The molecule has 0 unspecified atom stereocenters. The van der Waals surface area contributed by atoms with Gasteiger partial charge in [0.1, 0.15) is 17.1 Å². The molecule has 0 saturated heterocycles. The van der Waals surface area contributed by atoms with Crippen LogP contribution < -0.4 is 10.1 Å². The van der Waals surface area contributed by atoms with E-state index in [-0.39, 0.29) is 11.5 Å². The lowest BCUT2D eigenvalue weighted by molar-refractivity contribution is 0.0693. The molecule has 24 heavy (non-hydrogen) atoms. The second-order valence-electron chi connectivity index (χ2n) is 5.72. The van der Waals surface area contributed by atoms with Crippen LogP contribution in [0.1, 0.15) is 34.6 Å². The zero-order valence-corrected chi connectivity index (χ0v) is 13.4. The van der Waals surface area contributed by atoms with E-state index < -0.39 is 11.7 Å². The van der Waals surface area contributed by atoms with E-state index in [1.807, 2.05) is 13.8 Å². The number of ether oxygens (including phenoxy) is 1. The average molecular weight is 329 g/mol. The summed E-state index contributed by atoms with van der Waals surface area (Å²) in [6.45, 7) is 4.69. The zero-order valence-electron chi connectivity index (χ0n) is 13.4. The van der Waals surface area contributed by atoms with Crippen LogP contribution in [0.25, 0.3) is 0 Å². The van der Waals surface area contributed by atoms with Gasteiger partial charge < -0.3 is 20.3 Å². The van der Waals surface area contributed by atoms with E-state index in [9.17, 15) is 14.7 Å². The first kappa shape index (κ1) is 17.3. The normalized spacial score (nSPS) is 10.5. The van der Waals surface area contributed by atoms with Gasteiger partial charge in [-0.25, -0.2) is 4.79 Å². The van der Waals surface area contributed by atoms with Crippen LogP contribution in [-0.4, -0.2) is 28.7 Å². The summed E-state index contributed by atoms with van der Waals surface area (Å²) < 4.78 is 5.55. The second-order valence-corrected chi connectivity index (χ2v) is 5.72. The minimum absolute atomic E-state index is 0.223. The Bertz CT molecular complexity index is 738. The largest absolute Gasteiger partial charge is 0.507 e. The van der Waals surface area contributed by atoms with Crippen LogP contribution >= 0.6 is 0 Å². The first-order valence-corrected chi connectivity index (χ1v) is 7.47. The molecule has 0 aromatic heterocycles. The number of aromatic carboxylic acids is 1. The minimum Gasteiger partial charge on any atom is -0.507 e. The monoisotopic (exact) mass is 329 g/mol. The van der Waals surface area contributed by atoms with Crippen molar-refractivity contribution in [2.24, 2.45) is 5.92 Å². The van der Waals surface area contributed by atoms with Crippen LogP contribution in [0.3, 0.4) is 0 Å². The predicted octanol–water partition coefficient (Wildman–Crippen LogP) is 3.38. The van der Waals surface area contributed by atoms with Gasteiger partial charge in [0.25, 0.3) is 5.91 Å². The molecular weight excluding hydrogens is 310 g/mol. The van der Waals surface area contributed by atoms with Crippen LogP contribution in [0.2, 0.25) is 0 Å². The molecule has 126 valence electrons. The fraction of sp³-hybridized carbons (Fsp3) is 0.222. The van der Waals surface area contributed by atoms with Crippen molar-refractivity contribution in [2.45, 2.75) is 13.8 Å². The van der Waals surface area contributed by atoms with Crippen LogP contribution in [0.4, 0.5) is 5.69 Å². The van der Waals surface area contributed by atoms with E-state index in [1.54, 1.807) is 24.3 Å². The highest BCUT2D eigenvalue weighted by Gasteiger charge is 2.12. The smallest absolute Gasteiger partial charge is 0.339 e. The second kappa shape index (κ2) is 7.50. The lowest BCUT2D eigenvalue weighted by atomic mass is 10.1. The number of aromatic hydroxyl groups is 1. The molecule has 0 radical (unpaired) electrons. The summed E-state index contributed by atoms with van der Waals surface area (Å²) in [5, 5.41) is 21.1. The van der Waals surface area contributed by atoms with Gasteiger partial charge in [-0.15, -0.1) is 0 Å². The Balaban J connectivity index is 2.04. The Kier molecular flexibility index (Phi) is 5.42. The number of carboxylic acid groups (broad SMARTS) is 1. The Hall–Kier alpha value is -3.02. The number of carboxylic acids is 1. The molecule has 0 atom stereocenters. The Morgan fingerprint density at radius 1 is 1.12 bits per heavy atom. The van der Waals surface area contributed by atoms with E-state index in [0.29, 0.717) is 29.5 Å². The number of carbonyl (C=O) groups is 2. The van der Waals surface area contributed by atoms with Crippen LogP contribution in [0.15, 0.2) is 42.5 Å². The van der Waals surface area contributed by atoms with E-state index in [0.717, 1.165) is 0 Å². The van der Waals surface area contributed by atoms with Gasteiger partial charge in [-0.1, -0.05) is 13.8 Å². The molecule has 1 amide bonds. The standard InChI is InChI=1S/C18H19NO5/c1-11(2)10-24-14-6-3-12(4-7-14)17(21)19-13-5-8-15(18(22)23)16(20)9-13/h3-9,11,20H,10H2,1-2H3,(H,19,21)(H,22,23). The first-order valence-electron chi connectivity index (χ1n) is 7.47. The number of benzene rings is 2. The molecule has 6 heteroatoms. The van der Waals surface area contributed by atoms with Crippen molar-refractivity contribution in [3.05, 3.63) is 53.6 Å². The Morgan fingerprint density at radius 3 is 2.33 bits per heavy atom. The fourth-order valence-electron chi connectivity index (χ4n) is 1.96. The fourth-order valence-corrected chi connectivity index (χ4v) is 1.96. The summed E-state index contributed by atoms with van der Waals surface area (Å²) in [5.74, 6) is -0.911. The lowest BCUT2D eigenvalue weighted by Crippen LogP contribution is -2.12. The maximum atomic E-state index is 12.2. The molecule has 0 bridgehead atoms. The molecule has 0 saturated carbocycles. The number of hydrogen-bond donors (Lipinski definition) is 3. The van der Waals surface area contributed by atoms with E-state index >= 15 is 0 Å². The van der Waals surface area contributed by atoms with Gasteiger partial charge in [0.15, 0.2) is 0 Å². The summed E-state index contributed by atoms with van der Waals surface area (Å²) >= 11 is 0. The van der Waals surface area contributed by atoms with Gasteiger partial charge in [-0.3, -0.25) is 4.79 Å². The van der Waals surface area contributed by atoms with Gasteiger partial charge in [0, 0.05) is 17.3 Å². The van der Waals surface area contributed by atoms with Gasteiger partial charge >= 0.3 is 5.97 Å². The van der Waals surface area contributed by atoms with Gasteiger partial charge in [0.05, 0.1) is 6.61 Å². The molecule has 2 rings (SSSR count). The molecule has 0 aliphatic heterocycles. The van der Waals surface area contributed by atoms with Gasteiger partial charge in [-0.05, 0) is 42.3 Å². The molecule has 3 N–H and O–H groups in total. The van der Waals surface area contributed by atoms with E-state index in [1.165, 1.54) is 18.2 Å². The number of phenols is 1. The third kappa shape index (κ3) is 4.49. The first-order chi connectivity index (χ1) is 11.4. The highest BCUT2D eigenvalue weighted by molar-refractivity contribution is 6.04. The Labute approximate surface area is 139 Å². The number of hydrogen-bond acceptors (Lipinski definition) is 4. The van der Waals surface area contributed by atoms with Crippen LogP contribution in [-0.2, 0) is 0 Å². The van der Waals surface area contributed by atoms with Crippen molar-refractivity contribution in [3.8, 4) is 11.5 Å². The molecule has 6 nitrogen and oxygen atoms in total. The number of anilines is 1. The van der Waals surface area contributed by atoms with Crippen molar-refractivity contribution >= 4 is 17.6 Å². The molecule has 2 aromatic rings. The number of amides is 1. The molecular formula is C18H19NO5. The van der Waals surface area contributed by atoms with Crippen LogP contribution in [0, 0.1) is 5.92 Å². The molecule has 2 aromatic carbocycles. The molecule has 0 spiro atoms. The predicted molar refractivity (Wildman–Crippen MR) is 89.8 cm³/mol. The summed E-state index contributed by atoms with van der Waals surface area (Å²) in [5.41, 5.74) is 0.510. The molecule has 0 aliphatic rings. The number of nitrogens with one attached hydrogen (secondary N) is 1. The average Bonchev–Trinajstić information content (AvgIpc) is 2.53. The summed E-state index contributed by atoms with van der Waals surface area (Å²) in [4.78, 5) is 23.0. The third-order valence-corrected chi connectivity index (χ3v) is 3.19. The summed E-state index contributed by atoms with van der Waals surface area (Å²) in [6, 6.07) is 10.5. The number of rotatable bonds is 6. The van der Waals surface area contributed by atoms with Crippen molar-refractivity contribution in [2.75, 3.05) is 11.9 Å². The van der Waals surface area contributed by atoms with Crippen molar-refractivity contribution < 1.29 is 24.5 Å². The van der Waals surface area contributed by atoms with Crippen molar-refractivity contribution in [3.63, 3.8) is 0 Å². The molecule has 0 heterocycles. The number of carbonyl (C=O) groups excluding carboxylic acids is 1. The SMILES string of the molecule is CC(C)COc1ccc(C(=O)Nc2ccc(C(=O)O)c(O)c2)cc1. The molecule has 0 aliphatic carbocycles. The minimum atomic E-state index is -1.23. The topological polar surface area (TPSA) is 95.9 Å². The lowest BCUT2D eigenvalue weighted by Gasteiger charge is -2.10. The quantitative estimate of drug-likeness (QED) is 0.755. The van der Waals surface area contributed by atoms with Gasteiger partial charge in [-0.2, -0.15) is 0 Å². The van der Waals surface area contributed by atoms with E-state index in [4.69, 9.17) is 9.84 Å². The molecule has 0 fully saturated rings. The highest BCUT2D eigenvalue weighted by Crippen LogP contribution is 2.22. The van der Waals surface area contributed by atoms with E-state index in [2.05, 4.69) is 5.32 Å². The third-order valence-electron chi connectivity index (χ3n) is 3.19. The van der Waals surface area contributed by atoms with Crippen molar-refractivity contribution in [1.82, 2.24) is 0 Å². The highest BCUT2D eigenvalue weighted by atomic mass is 16.5.